The summed E-state index contributed by atoms with van der Waals surface area (Å²) >= 11 is 3.68. The molecule has 106 valence electrons. The van der Waals surface area contributed by atoms with Crippen LogP contribution in [-0.4, -0.2) is 32.1 Å². The molecule has 1 aromatic rings. The van der Waals surface area contributed by atoms with E-state index < -0.39 is 9.84 Å². The van der Waals surface area contributed by atoms with Gasteiger partial charge in [0.25, 0.3) is 0 Å². The second kappa shape index (κ2) is 5.83. The molecular weight excluding hydrogens is 326 g/mol. The van der Waals surface area contributed by atoms with Crippen molar-refractivity contribution in [2.24, 2.45) is 5.92 Å². The summed E-state index contributed by atoms with van der Waals surface area (Å²) in [5, 5.41) is 0. The Balaban J connectivity index is 2.36. The lowest BCUT2D eigenvalue weighted by molar-refractivity contribution is 0.464. The van der Waals surface area contributed by atoms with Crippen LogP contribution >= 0.6 is 15.9 Å². The van der Waals surface area contributed by atoms with Crippen LogP contribution in [0.3, 0.4) is 0 Å². The monoisotopic (exact) mass is 345 g/mol. The van der Waals surface area contributed by atoms with E-state index in [9.17, 15) is 8.42 Å². The van der Waals surface area contributed by atoms with Gasteiger partial charge >= 0.3 is 0 Å². The fraction of sp³-hybridized carbons (Fsp3) is 0.571. The van der Waals surface area contributed by atoms with E-state index in [1.807, 2.05) is 12.1 Å². The predicted molar refractivity (Wildman–Crippen MR) is 82.9 cm³/mol. The first kappa shape index (κ1) is 14.9. The first-order valence-corrected chi connectivity index (χ1v) is 9.23. The lowest BCUT2D eigenvalue weighted by Crippen LogP contribution is -2.40. The Hall–Kier alpha value is -0.550. The summed E-state index contributed by atoms with van der Waals surface area (Å²) in [4.78, 5) is 3.20. The minimum atomic E-state index is -3.16. The number of benzene rings is 1. The predicted octanol–water partition coefficient (Wildman–Crippen LogP) is 3.09. The molecule has 1 aromatic carbocycles. The summed E-state index contributed by atoms with van der Waals surface area (Å²) in [5.74, 6) is 0.667. The molecule has 0 amide bonds. The highest BCUT2D eigenvalue weighted by atomic mass is 79.9. The maximum absolute atomic E-state index is 12.2. The van der Waals surface area contributed by atoms with E-state index in [4.69, 9.17) is 0 Å². The Bertz CT molecular complexity index is 544. The first-order chi connectivity index (χ1) is 8.95. The lowest BCUT2D eigenvalue weighted by atomic mass is 9.99. The van der Waals surface area contributed by atoms with E-state index in [0.29, 0.717) is 15.6 Å². The second-order valence-corrected chi connectivity index (χ2v) is 8.52. The molecule has 2 atom stereocenters. The van der Waals surface area contributed by atoms with Crippen molar-refractivity contribution in [3.63, 3.8) is 0 Å². The fourth-order valence-electron chi connectivity index (χ4n) is 2.47. The van der Waals surface area contributed by atoms with Gasteiger partial charge in [-0.3, -0.25) is 0 Å². The zero-order chi connectivity index (χ0) is 14.0. The zero-order valence-electron chi connectivity index (χ0n) is 11.3. The average molecular weight is 346 g/mol. The van der Waals surface area contributed by atoms with Crippen LogP contribution < -0.4 is 4.90 Å². The number of hydrogen-bond acceptors (Lipinski definition) is 3. The van der Waals surface area contributed by atoms with Crippen LogP contribution in [0.2, 0.25) is 0 Å². The second-order valence-electron chi connectivity index (χ2n) is 5.10. The smallest absolute Gasteiger partial charge is 0.180 e. The van der Waals surface area contributed by atoms with Crippen molar-refractivity contribution < 1.29 is 8.42 Å². The third kappa shape index (κ3) is 3.14. The molecule has 0 aromatic heterocycles. The van der Waals surface area contributed by atoms with Gasteiger partial charge in [-0.25, -0.2) is 8.42 Å². The highest BCUT2D eigenvalue weighted by molar-refractivity contribution is 9.09. The molecule has 5 heteroatoms. The minimum Gasteiger partial charge on any atom is -0.370 e. The number of rotatable bonds is 3. The van der Waals surface area contributed by atoms with Crippen LogP contribution in [0.15, 0.2) is 29.2 Å². The molecule has 3 nitrogen and oxygen atoms in total. The van der Waals surface area contributed by atoms with Crippen molar-refractivity contribution in [2.45, 2.75) is 30.0 Å². The first-order valence-electron chi connectivity index (χ1n) is 6.66. The standard InChI is InChI=1S/C14H20BrNO2S/c1-3-19(17,18)14-7-5-4-6-13(14)16-9-8-12(15)11(2)10-16/h4-7,11-12H,3,8-10H2,1-2H3. The maximum atomic E-state index is 12.2. The van der Waals surface area contributed by atoms with Gasteiger partial charge in [-0.05, 0) is 24.5 Å². The molecule has 0 N–H and O–H groups in total. The molecular formula is C14H20BrNO2S. The van der Waals surface area contributed by atoms with Gasteiger partial charge in [-0.2, -0.15) is 0 Å². The summed E-state index contributed by atoms with van der Waals surface area (Å²) in [7, 11) is -3.16. The number of anilines is 1. The van der Waals surface area contributed by atoms with Gasteiger partial charge < -0.3 is 4.90 Å². The molecule has 1 heterocycles. The molecule has 0 aliphatic carbocycles. The highest BCUT2D eigenvalue weighted by Gasteiger charge is 2.27. The van der Waals surface area contributed by atoms with Crippen LogP contribution in [-0.2, 0) is 9.84 Å². The van der Waals surface area contributed by atoms with Crippen LogP contribution in [0, 0.1) is 5.92 Å². The van der Waals surface area contributed by atoms with Crippen molar-refractivity contribution in [3.8, 4) is 0 Å². The minimum absolute atomic E-state index is 0.147. The number of piperidine rings is 1. The van der Waals surface area contributed by atoms with Crippen LogP contribution in [0.4, 0.5) is 5.69 Å². The maximum Gasteiger partial charge on any atom is 0.180 e. The third-order valence-electron chi connectivity index (χ3n) is 3.72. The number of halogens is 1. The summed E-state index contributed by atoms with van der Waals surface area (Å²) < 4.78 is 24.3. The number of para-hydroxylation sites is 1. The molecule has 2 rings (SSSR count). The molecule has 0 saturated carbocycles. The van der Waals surface area contributed by atoms with E-state index in [1.54, 1.807) is 19.1 Å². The Morgan fingerprint density at radius 1 is 1.37 bits per heavy atom. The number of alkyl halides is 1. The molecule has 1 saturated heterocycles. The molecule has 1 aliphatic heterocycles. The van der Waals surface area contributed by atoms with E-state index in [-0.39, 0.29) is 5.75 Å². The quantitative estimate of drug-likeness (QED) is 0.790. The van der Waals surface area contributed by atoms with Gasteiger partial charge in [0.05, 0.1) is 16.3 Å². The Labute approximate surface area is 124 Å². The van der Waals surface area contributed by atoms with Gasteiger partial charge in [-0.15, -0.1) is 0 Å². The van der Waals surface area contributed by atoms with E-state index in [1.165, 1.54) is 0 Å². The van der Waals surface area contributed by atoms with Crippen molar-refractivity contribution in [2.75, 3.05) is 23.7 Å². The Kier molecular flexibility index (Phi) is 4.56. The van der Waals surface area contributed by atoms with Gasteiger partial charge in [0.2, 0.25) is 0 Å². The van der Waals surface area contributed by atoms with Crippen molar-refractivity contribution in [1.29, 1.82) is 0 Å². The Morgan fingerprint density at radius 2 is 2.05 bits per heavy atom. The van der Waals surface area contributed by atoms with Crippen LogP contribution in [0.5, 0.6) is 0 Å². The normalized spacial score (nSPS) is 24.5. The topological polar surface area (TPSA) is 37.4 Å². The van der Waals surface area contributed by atoms with Crippen LogP contribution in [0.1, 0.15) is 20.3 Å². The van der Waals surface area contributed by atoms with Crippen molar-refractivity contribution in [3.05, 3.63) is 24.3 Å². The summed E-state index contributed by atoms with van der Waals surface area (Å²) in [6, 6.07) is 7.35. The zero-order valence-corrected chi connectivity index (χ0v) is 13.7. The van der Waals surface area contributed by atoms with Gasteiger partial charge in [0, 0.05) is 17.9 Å². The molecule has 0 radical (unpaired) electrons. The molecule has 2 unspecified atom stereocenters. The highest BCUT2D eigenvalue weighted by Crippen LogP contribution is 2.31. The van der Waals surface area contributed by atoms with Crippen molar-refractivity contribution >= 4 is 31.5 Å². The van der Waals surface area contributed by atoms with E-state index >= 15 is 0 Å². The number of nitrogens with zero attached hydrogens (tertiary/aromatic N) is 1. The summed E-state index contributed by atoms with van der Waals surface area (Å²) in [6.07, 6.45) is 1.04. The number of hydrogen-bond donors (Lipinski definition) is 0. The van der Waals surface area contributed by atoms with E-state index in [2.05, 4.69) is 27.8 Å². The largest absolute Gasteiger partial charge is 0.370 e. The van der Waals surface area contributed by atoms with Gasteiger partial charge in [0.1, 0.15) is 0 Å². The molecule has 0 bridgehead atoms. The Morgan fingerprint density at radius 3 is 2.68 bits per heavy atom. The molecule has 1 fully saturated rings. The van der Waals surface area contributed by atoms with Crippen molar-refractivity contribution in [1.82, 2.24) is 0 Å². The molecule has 19 heavy (non-hydrogen) atoms. The lowest BCUT2D eigenvalue weighted by Gasteiger charge is -2.36. The number of sulfone groups is 1. The van der Waals surface area contributed by atoms with E-state index in [0.717, 1.165) is 25.2 Å². The summed E-state index contributed by atoms with van der Waals surface area (Å²) in [6.45, 7) is 5.69. The van der Waals surface area contributed by atoms with Gasteiger partial charge in [0.15, 0.2) is 9.84 Å². The van der Waals surface area contributed by atoms with Crippen LogP contribution in [0.25, 0.3) is 0 Å². The molecule has 1 aliphatic rings. The van der Waals surface area contributed by atoms with Gasteiger partial charge in [-0.1, -0.05) is 41.9 Å². The average Bonchev–Trinajstić information content (AvgIpc) is 2.42. The fourth-order valence-corrected chi connectivity index (χ4v) is 3.96. The SMILES string of the molecule is CCS(=O)(=O)c1ccccc1N1CCC(Br)C(C)C1. The molecule has 0 spiro atoms. The third-order valence-corrected chi connectivity index (χ3v) is 6.86. The summed E-state index contributed by atoms with van der Waals surface area (Å²) in [5.41, 5.74) is 0.857.